The molecule has 0 fully saturated rings. The first kappa shape index (κ1) is 12.6. The number of carbonyl (C=O) groups is 1. The molecular formula is C13H18O3. The maximum Gasteiger partial charge on any atom is 0.139 e. The molecule has 0 amide bonds. The molecule has 16 heavy (non-hydrogen) atoms. The van der Waals surface area contributed by atoms with Crippen LogP contribution in [0.25, 0.3) is 0 Å². The molecule has 88 valence electrons. The molecule has 3 heteroatoms. The fourth-order valence-electron chi connectivity index (χ4n) is 1.57. The molecule has 1 atom stereocenters. The van der Waals surface area contributed by atoms with Crippen molar-refractivity contribution in [1.82, 2.24) is 0 Å². The molecule has 1 rings (SSSR count). The molecule has 1 unspecified atom stereocenters. The maximum atomic E-state index is 11.6. The van der Waals surface area contributed by atoms with E-state index in [0.717, 1.165) is 5.56 Å². The third-order valence-corrected chi connectivity index (χ3v) is 2.71. The smallest absolute Gasteiger partial charge is 0.139 e. The summed E-state index contributed by atoms with van der Waals surface area (Å²) < 4.78 is 10.3. The van der Waals surface area contributed by atoms with E-state index in [-0.39, 0.29) is 11.7 Å². The van der Waals surface area contributed by atoms with Gasteiger partial charge in [0, 0.05) is 18.4 Å². The number of Topliss-reactive ketones (excluding diaryl/α,β-unsaturated/α-hetero) is 1. The van der Waals surface area contributed by atoms with Crippen molar-refractivity contribution in [3.05, 3.63) is 23.8 Å². The molecule has 0 spiro atoms. The number of ketones is 1. The van der Waals surface area contributed by atoms with E-state index in [1.165, 1.54) is 0 Å². The average molecular weight is 222 g/mol. The Morgan fingerprint density at radius 2 is 1.69 bits per heavy atom. The number of hydrogen-bond acceptors (Lipinski definition) is 3. The van der Waals surface area contributed by atoms with Gasteiger partial charge in [0.1, 0.15) is 17.3 Å². The second kappa shape index (κ2) is 5.54. The predicted molar refractivity (Wildman–Crippen MR) is 63.3 cm³/mol. The number of methoxy groups -OCH3 is 2. The minimum absolute atomic E-state index is 0.117. The van der Waals surface area contributed by atoms with Gasteiger partial charge in [0.25, 0.3) is 0 Å². The molecule has 0 saturated heterocycles. The zero-order chi connectivity index (χ0) is 12.1. The van der Waals surface area contributed by atoms with Crippen molar-refractivity contribution in [2.75, 3.05) is 14.2 Å². The topological polar surface area (TPSA) is 35.5 Å². The summed E-state index contributed by atoms with van der Waals surface area (Å²) in [7, 11) is 3.20. The van der Waals surface area contributed by atoms with Crippen molar-refractivity contribution in [1.29, 1.82) is 0 Å². The van der Waals surface area contributed by atoms with Gasteiger partial charge in [0.05, 0.1) is 14.2 Å². The van der Waals surface area contributed by atoms with E-state index in [4.69, 9.17) is 9.47 Å². The molecule has 3 nitrogen and oxygen atoms in total. The Balaban J connectivity index is 3.07. The third-order valence-electron chi connectivity index (χ3n) is 2.71. The molecule has 0 aliphatic carbocycles. The highest BCUT2D eigenvalue weighted by Crippen LogP contribution is 2.28. The molecule has 0 N–H and O–H groups in total. The molecule has 0 bridgehead atoms. The maximum absolute atomic E-state index is 11.6. The van der Waals surface area contributed by atoms with Gasteiger partial charge in [-0.2, -0.15) is 0 Å². The summed E-state index contributed by atoms with van der Waals surface area (Å²) in [6.07, 6.45) is 0.542. The van der Waals surface area contributed by atoms with Crippen molar-refractivity contribution in [3.63, 3.8) is 0 Å². The van der Waals surface area contributed by atoms with Gasteiger partial charge in [-0.25, -0.2) is 0 Å². The van der Waals surface area contributed by atoms with Crippen LogP contribution in [-0.2, 0) is 4.79 Å². The number of benzene rings is 1. The molecule has 0 radical (unpaired) electrons. The van der Waals surface area contributed by atoms with Crippen LogP contribution in [-0.4, -0.2) is 20.0 Å². The highest BCUT2D eigenvalue weighted by atomic mass is 16.5. The number of carbonyl (C=O) groups excluding carboxylic acids is 1. The number of rotatable bonds is 5. The first-order valence-electron chi connectivity index (χ1n) is 5.38. The van der Waals surface area contributed by atoms with Gasteiger partial charge in [-0.05, 0) is 17.7 Å². The fourth-order valence-corrected chi connectivity index (χ4v) is 1.57. The number of ether oxygens (including phenoxy) is 2. The highest BCUT2D eigenvalue weighted by Gasteiger charge is 2.15. The molecule has 0 aliphatic heterocycles. The van der Waals surface area contributed by atoms with E-state index in [1.807, 2.05) is 26.0 Å². The number of hydrogen-bond donors (Lipinski definition) is 0. The largest absolute Gasteiger partial charge is 0.497 e. The quantitative estimate of drug-likeness (QED) is 0.768. The molecule has 0 saturated carbocycles. The van der Waals surface area contributed by atoms with Gasteiger partial charge in [-0.15, -0.1) is 0 Å². The Bertz CT molecular complexity index is 349. The Hall–Kier alpha value is -1.51. The van der Waals surface area contributed by atoms with E-state index in [2.05, 4.69) is 0 Å². The SMILES string of the molecule is CCC(=O)C(C)c1cc(OC)cc(OC)c1. The highest BCUT2D eigenvalue weighted by molar-refractivity contribution is 5.85. The lowest BCUT2D eigenvalue weighted by Crippen LogP contribution is -2.07. The second-order valence-corrected chi connectivity index (χ2v) is 3.69. The standard InChI is InChI=1S/C13H18O3/c1-5-13(14)9(2)10-6-11(15-3)8-12(7-10)16-4/h6-9H,5H2,1-4H3. The van der Waals surface area contributed by atoms with E-state index in [0.29, 0.717) is 17.9 Å². The third kappa shape index (κ3) is 2.75. The van der Waals surface area contributed by atoms with Crippen LogP contribution >= 0.6 is 0 Å². The van der Waals surface area contributed by atoms with Crippen LogP contribution in [0.15, 0.2) is 18.2 Å². The zero-order valence-electron chi connectivity index (χ0n) is 10.2. The summed E-state index contributed by atoms with van der Waals surface area (Å²) in [6, 6.07) is 5.55. The van der Waals surface area contributed by atoms with E-state index >= 15 is 0 Å². The van der Waals surface area contributed by atoms with Crippen LogP contribution in [0.5, 0.6) is 11.5 Å². The van der Waals surface area contributed by atoms with Crippen molar-refractivity contribution in [2.45, 2.75) is 26.2 Å². The molecular weight excluding hydrogens is 204 g/mol. The van der Waals surface area contributed by atoms with Crippen molar-refractivity contribution >= 4 is 5.78 Å². The van der Waals surface area contributed by atoms with Crippen LogP contribution in [0.3, 0.4) is 0 Å². The molecule has 1 aromatic carbocycles. The molecule has 0 aromatic heterocycles. The summed E-state index contributed by atoms with van der Waals surface area (Å²) in [4.78, 5) is 11.6. The monoisotopic (exact) mass is 222 g/mol. The Morgan fingerprint density at radius 1 is 1.19 bits per heavy atom. The van der Waals surface area contributed by atoms with Crippen molar-refractivity contribution < 1.29 is 14.3 Å². The van der Waals surface area contributed by atoms with Gasteiger partial charge >= 0.3 is 0 Å². The van der Waals surface area contributed by atoms with Gasteiger partial charge < -0.3 is 9.47 Å². The predicted octanol–water partition coefficient (Wildman–Crippen LogP) is 2.79. The Morgan fingerprint density at radius 3 is 2.06 bits per heavy atom. The summed E-state index contributed by atoms with van der Waals surface area (Å²) in [5, 5.41) is 0. The van der Waals surface area contributed by atoms with E-state index < -0.39 is 0 Å². The summed E-state index contributed by atoms with van der Waals surface area (Å²) in [5.41, 5.74) is 0.933. The van der Waals surface area contributed by atoms with Crippen molar-refractivity contribution in [3.8, 4) is 11.5 Å². The van der Waals surface area contributed by atoms with Gasteiger partial charge in [0.2, 0.25) is 0 Å². The average Bonchev–Trinajstić information content (AvgIpc) is 2.35. The summed E-state index contributed by atoms with van der Waals surface area (Å²) in [5.74, 6) is 1.53. The molecule has 1 aromatic rings. The van der Waals surface area contributed by atoms with Gasteiger partial charge in [-0.1, -0.05) is 13.8 Å². The van der Waals surface area contributed by atoms with E-state index in [9.17, 15) is 4.79 Å². The minimum Gasteiger partial charge on any atom is -0.497 e. The van der Waals surface area contributed by atoms with Crippen LogP contribution in [0, 0.1) is 0 Å². The van der Waals surface area contributed by atoms with Crippen LogP contribution in [0.2, 0.25) is 0 Å². The van der Waals surface area contributed by atoms with Crippen LogP contribution in [0.4, 0.5) is 0 Å². The van der Waals surface area contributed by atoms with Crippen LogP contribution in [0.1, 0.15) is 31.7 Å². The Labute approximate surface area is 96.4 Å². The summed E-state index contributed by atoms with van der Waals surface area (Å²) >= 11 is 0. The first-order valence-corrected chi connectivity index (χ1v) is 5.38. The first-order chi connectivity index (χ1) is 7.62. The summed E-state index contributed by atoms with van der Waals surface area (Å²) in [6.45, 7) is 3.77. The molecule has 0 aliphatic rings. The molecule has 0 heterocycles. The lowest BCUT2D eigenvalue weighted by atomic mass is 9.95. The van der Waals surface area contributed by atoms with Gasteiger partial charge in [0.15, 0.2) is 0 Å². The van der Waals surface area contributed by atoms with Crippen molar-refractivity contribution in [2.24, 2.45) is 0 Å². The zero-order valence-corrected chi connectivity index (χ0v) is 10.2. The van der Waals surface area contributed by atoms with Gasteiger partial charge in [-0.3, -0.25) is 4.79 Å². The van der Waals surface area contributed by atoms with E-state index in [1.54, 1.807) is 20.3 Å². The second-order valence-electron chi connectivity index (χ2n) is 3.69. The Kier molecular flexibility index (Phi) is 4.35. The normalized spacial score (nSPS) is 12.0. The minimum atomic E-state index is -0.117. The van der Waals surface area contributed by atoms with Crippen LogP contribution < -0.4 is 9.47 Å². The lowest BCUT2D eigenvalue weighted by Gasteiger charge is -2.13. The fraction of sp³-hybridized carbons (Fsp3) is 0.462. The lowest BCUT2D eigenvalue weighted by molar-refractivity contribution is -0.119.